The van der Waals surface area contributed by atoms with Crippen LogP contribution >= 0.6 is 0 Å². The molecule has 1 aliphatic heterocycles. The van der Waals surface area contributed by atoms with Gasteiger partial charge in [-0.1, -0.05) is 55.3 Å². The van der Waals surface area contributed by atoms with Gasteiger partial charge in [0.15, 0.2) is 0 Å². The number of likely N-dealkylation sites (tertiary alicyclic amines) is 1. The van der Waals surface area contributed by atoms with Gasteiger partial charge in [0.1, 0.15) is 0 Å². The molecule has 0 bridgehead atoms. The number of carbonyl (C=O) groups excluding carboxylic acids is 3. The van der Waals surface area contributed by atoms with E-state index in [0.29, 0.717) is 5.69 Å². The summed E-state index contributed by atoms with van der Waals surface area (Å²) in [6.07, 6.45) is 3.73. The van der Waals surface area contributed by atoms with Gasteiger partial charge in [-0.25, -0.2) is 0 Å². The number of carbonyl (C=O) groups is 3. The number of benzene rings is 2. The van der Waals surface area contributed by atoms with E-state index < -0.39 is 0 Å². The molecule has 1 aliphatic carbocycles. The first-order valence-electron chi connectivity index (χ1n) is 9.94. The maximum Gasteiger partial charge on any atom is 0.233 e. The van der Waals surface area contributed by atoms with Gasteiger partial charge in [-0.15, -0.1) is 0 Å². The molecule has 0 radical (unpaired) electrons. The minimum atomic E-state index is -0.192. The Morgan fingerprint density at radius 2 is 1.43 bits per heavy atom. The lowest BCUT2D eigenvalue weighted by molar-refractivity contribution is -0.140. The molecule has 2 fully saturated rings. The van der Waals surface area contributed by atoms with Crippen LogP contribution in [0.5, 0.6) is 0 Å². The van der Waals surface area contributed by atoms with Crippen LogP contribution in [0.2, 0.25) is 0 Å². The van der Waals surface area contributed by atoms with Crippen molar-refractivity contribution in [1.82, 2.24) is 4.90 Å². The van der Waals surface area contributed by atoms with Gasteiger partial charge in [-0.05, 0) is 36.1 Å². The Bertz CT molecular complexity index is 852. The number of imide groups is 1. The first kappa shape index (κ1) is 18.4. The van der Waals surface area contributed by atoms with Crippen LogP contribution in [0.15, 0.2) is 54.6 Å². The lowest BCUT2D eigenvalue weighted by atomic mass is 9.81. The molecule has 1 heterocycles. The molecule has 1 saturated heterocycles. The second-order valence-corrected chi connectivity index (χ2v) is 7.57. The topological polar surface area (TPSA) is 66.5 Å². The maximum absolute atomic E-state index is 12.5. The number of rotatable bonds is 5. The molecule has 2 aromatic rings. The van der Waals surface area contributed by atoms with Gasteiger partial charge in [-0.2, -0.15) is 0 Å². The third kappa shape index (κ3) is 3.70. The molecule has 144 valence electrons. The standard InChI is InChI=1S/C23H24N2O3/c26-21(14-15-25-22(27)19-8-4-5-9-20(19)23(25)28)24-18-12-10-17(11-13-18)16-6-2-1-3-7-16/h1-3,6-7,10-13,19-20H,4-5,8-9,14-15H2,(H,24,26)/t19-,20-/m0/s1. The van der Waals surface area contributed by atoms with E-state index in [1.165, 1.54) is 4.90 Å². The summed E-state index contributed by atoms with van der Waals surface area (Å²) in [5.74, 6) is -0.683. The number of fused-ring (bicyclic) bond motifs is 1. The van der Waals surface area contributed by atoms with Crippen LogP contribution in [0.1, 0.15) is 32.1 Å². The van der Waals surface area contributed by atoms with E-state index >= 15 is 0 Å². The van der Waals surface area contributed by atoms with Gasteiger partial charge in [0.2, 0.25) is 17.7 Å². The Balaban J connectivity index is 1.32. The summed E-state index contributed by atoms with van der Waals surface area (Å²) in [7, 11) is 0. The van der Waals surface area contributed by atoms with Crippen LogP contribution in [0, 0.1) is 11.8 Å². The Morgan fingerprint density at radius 1 is 0.857 bits per heavy atom. The van der Waals surface area contributed by atoms with Gasteiger partial charge >= 0.3 is 0 Å². The second kappa shape index (κ2) is 7.97. The van der Waals surface area contributed by atoms with Crippen molar-refractivity contribution < 1.29 is 14.4 Å². The molecular formula is C23H24N2O3. The van der Waals surface area contributed by atoms with Crippen molar-refractivity contribution in [2.75, 3.05) is 11.9 Å². The van der Waals surface area contributed by atoms with Crippen LogP contribution in [-0.2, 0) is 14.4 Å². The number of nitrogens with zero attached hydrogens (tertiary/aromatic N) is 1. The molecule has 5 heteroatoms. The highest BCUT2D eigenvalue weighted by molar-refractivity contribution is 6.05. The number of anilines is 1. The largest absolute Gasteiger partial charge is 0.326 e. The van der Waals surface area contributed by atoms with Crippen LogP contribution in [0.25, 0.3) is 11.1 Å². The van der Waals surface area contributed by atoms with E-state index in [2.05, 4.69) is 5.32 Å². The van der Waals surface area contributed by atoms with Crippen molar-refractivity contribution in [3.05, 3.63) is 54.6 Å². The summed E-state index contributed by atoms with van der Waals surface area (Å²) in [4.78, 5) is 38.5. The van der Waals surface area contributed by atoms with Gasteiger partial charge in [0.05, 0.1) is 11.8 Å². The summed E-state index contributed by atoms with van der Waals surface area (Å²) < 4.78 is 0. The fourth-order valence-corrected chi connectivity index (χ4v) is 4.26. The molecule has 3 amide bonds. The molecule has 0 spiro atoms. The zero-order valence-electron chi connectivity index (χ0n) is 15.8. The predicted molar refractivity (Wildman–Crippen MR) is 107 cm³/mol. The molecule has 5 nitrogen and oxygen atoms in total. The summed E-state index contributed by atoms with van der Waals surface area (Å²) in [6, 6.07) is 17.7. The first-order chi connectivity index (χ1) is 13.6. The smallest absolute Gasteiger partial charge is 0.233 e. The van der Waals surface area contributed by atoms with E-state index in [-0.39, 0.29) is 42.5 Å². The van der Waals surface area contributed by atoms with Crippen molar-refractivity contribution in [2.24, 2.45) is 11.8 Å². The minimum Gasteiger partial charge on any atom is -0.326 e. The molecule has 2 aromatic carbocycles. The zero-order valence-corrected chi connectivity index (χ0v) is 15.8. The molecule has 0 aromatic heterocycles. The third-order valence-corrected chi connectivity index (χ3v) is 5.77. The minimum absolute atomic E-state index is 0.0882. The zero-order chi connectivity index (χ0) is 19.5. The molecule has 1 saturated carbocycles. The fraction of sp³-hybridized carbons (Fsp3) is 0.348. The Labute approximate surface area is 164 Å². The highest BCUT2D eigenvalue weighted by atomic mass is 16.2. The number of hydrogen-bond donors (Lipinski definition) is 1. The quantitative estimate of drug-likeness (QED) is 0.806. The molecular weight excluding hydrogens is 352 g/mol. The molecule has 0 unspecified atom stereocenters. The summed E-state index contributed by atoms with van der Waals surface area (Å²) in [5.41, 5.74) is 2.90. The average molecular weight is 376 g/mol. The van der Waals surface area contributed by atoms with Crippen LogP contribution in [0.3, 0.4) is 0 Å². The SMILES string of the molecule is O=C(CCN1C(=O)[C@H]2CCCC[C@@H]2C1=O)Nc1ccc(-c2ccccc2)cc1. The van der Waals surface area contributed by atoms with Gasteiger partial charge in [0.25, 0.3) is 0 Å². The summed E-state index contributed by atoms with van der Waals surface area (Å²) in [6.45, 7) is 0.165. The average Bonchev–Trinajstić information content (AvgIpc) is 2.98. The monoisotopic (exact) mass is 376 g/mol. The normalized spacial score (nSPS) is 21.5. The van der Waals surface area contributed by atoms with Crippen LogP contribution < -0.4 is 5.32 Å². The van der Waals surface area contributed by atoms with Crippen LogP contribution in [0.4, 0.5) is 5.69 Å². The fourth-order valence-electron chi connectivity index (χ4n) is 4.26. The Morgan fingerprint density at radius 3 is 2.04 bits per heavy atom. The highest BCUT2D eigenvalue weighted by Crippen LogP contribution is 2.38. The summed E-state index contributed by atoms with van der Waals surface area (Å²) >= 11 is 0. The Hall–Kier alpha value is -2.95. The van der Waals surface area contributed by atoms with Gasteiger partial charge in [0, 0.05) is 18.7 Å². The number of nitrogens with one attached hydrogen (secondary N) is 1. The van der Waals surface area contributed by atoms with E-state index in [4.69, 9.17) is 0 Å². The summed E-state index contributed by atoms with van der Waals surface area (Å²) in [5, 5.41) is 2.85. The predicted octanol–water partition coefficient (Wildman–Crippen LogP) is 3.86. The lowest BCUT2D eigenvalue weighted by Gasteiger charge is -2.19. The van der Waals surface area contributed by atoms with Crippen molar-refractivity contribution in [3.8, 4) is 11.1 Å². The maximum atomic E-state index is 12.5. The van der Waals surface area contributed by atoms with E-state index in [9.17, 15) is 14.4 Å². The van der Waals surface area contributed by atoms with Crippen LogP contribution in [-0.4, -0.2) is 29.2 Å². The van der Waals surface area contributed by atoms with Gasteiger partial charge in [-0.3, -0.25) is 19.3 Å². The first-order valence-corrected chi connectivity index (χ1v) is 9.94. The Kier molecular flexibility index (Phi) is 5.24. The lowest BCUT2D eigenvalue weighted by Crippen LogP contribution is -2.34. The van der Waals surface area contributed by atoms with Crippen molar-refractivity contribution >= 4 is 23.4 Å². The van der Waals surface area contributed by atoms with Gasteiger partial charge < -0.3 is 5.32 Å². The molecule has 2 atom stereocenters. The van der Waals surface area contributed by atoms with E-state index in [1.54, 1.807) is 0 Å². The number of amides is 3. The van der Waals surface area contributed by atoms with E-state index in [0.717, 1.165) is 36.8 Å². The molecule has 1 N–H and O–H groups in total. The van der Waals surface area contributed by atoms with E-state index in [1.807, 2.05) is 54.6 Å². The molecule has 2 aliphatic rings. The van der Waals surface area contributed by atoms with Crippen molar-refractivity contribution in [3.63, 3.8) is 0 Å². The van der Waals surface area contributed by atoms with Crippen molar-refractivity contribution in [2.45, 2.75) is 32.1 Å². The molecule has 28 heavy (non-hydrogen) atoms. The molecule has 4 rings (SSSR count). The second-order valence-electron chi connectivity index (χ2n) is 7.57. The van der Waals surface area contributed by atoms with Crippen molar-refractivity contribution in [1.29, 1.82) is 0 Å². The number of hydrogen-bond acceptors (Lipinski definition) is 3. The third-order valence-electron chi connectivity index (χ3n) is 5.77. The highest BCUT2D eigenvalue weighted by Gasteiger charge is 2.47.